The minimum absolute atomic E-state index is 0.219. The third-order valence-corrected chi connectivity index (χ3v) is 4.92. The van der Waals surface area contributed by atoms with Crippen LogP contribution in [0.2, 0.25) is 0 Å². The van der Waals surface area contributed by atoms with Crippen molar-refractivity contribution in [1.29, 1.82) is 0 Å². The maximum Gasteiger partial charge on any atom is 0.248 e. The number of nitrogens with one attached hydrogen (secondary N) is 1. The van der Waals surface area contributed by atoms with Gasteiger partial charge in [-0.2, -0.15) is 0 Å². The maximum absolute atomic E-state index is 11.0. The second-order valence-electron chi connectivity index (χ2n) is 7.72. The minimum Gasteiger partial charge on any atom is -0.492 e. The Morgan fingerprint density at radius 3 is 2.39 bits per heavy atom. The number of hydrogen-bond acceptors (Lipinski definition) is 6. The SMILES string of the molecule is NC(=O)c1ccc(OCCNC[C@H](O)COc2ccc(CCCOC3CC3)cc2)cc1. The highest BCUT2D eigenvalue weighted by molar-refractivity contribution is 5.92. The number of hydrogen-bond donors (Lipinski definition) is 3. The predicted molar refractivity (Wildman–Crippen MR) is 119 cm³/mol. The van der Waals surface area contributed by atoms with E-state index in [1.165, 1.54) is 18.4 Å². The Morgan fingerprint density at radius 1 is 1.03 bits per heavy atom. The van der Waals surface area contributed by atoms with Gasteiger partial charge >= 0.3 is 0 Å². The fraction of sp³-hybridized carbons (Fsp3) is 0.458. The summed E-state index contributed by atoms with van der Waals surface area (Å²) in [6.45, 7) is 2.47. The molecule has 168 valence electrons. The van der Waals surface area contributed by atoms with Crippen molar-refractivity contribution in [2.45, 2.75) is 37.9 Å². The molecule has 1 amide bonds. The number of carbonyl (C=O) groups is 1. The lowest BCUT2D eigenvalue weighted by Crippen LogP contribution is -2.33. The van der Waals surface area contributed by atoms with Gasteiger partial charge in [-0.05, 0) is 67.6 Å². The molecule has 1 atom stereocenters. The zero-order valence-corrected chi connectivity index (χ0v) is 17.8. The Bertz CT molecular complexity index is 791. The molecule has 2 aromatic rings. The molecule has 0 bridgehead atoms. The van der Waals surface area contributed by atoms with Crippen molar-refractivity contribution in [3.63, 3.8) is 0 Å². The molecule has 4 N–H and O–H groups in total. The molecular formula is C24H32N2O5. The number of primary amides is 1. The van der Waals surface area contributed by atoms with Gasteiger partial charge in [-0.1, -0.05) is 12.1 Å². The molecule has 1 aliphatic carbocycles. The Balaban J connectivity index is 1.22. The second kappa shape index (κ2) is 12.3. The van der Waals surface area contributed by atoms with Gasteiger partial charge in [0, 0.05) is 25.3 Å². The molecule has 2 aromatic carbocycles. The number of aliphatic hydroxyl groups is 1. The topological polar surface area (TPSA) is 103 Å². The number of aliphatic hydroxyl groups excluding tert-OH is 1. The first kappa shape index (κ1) is 23.1. The zero-order chi connectivity index (χ0) is 21.9. The molecule has 7 heteroatoms. The number of rotatable bonds is 15. The number of amides is 1. The quantitative estimate of drug-likeness (QED) is 0.376. The minimum atomic E-state index is -0.617. The number of carbonyl (C=O) groups excluding carboxylic acids is 1. The first-order valence-electron chi connectivity index (χ1n) is 10.8. The summed E-state index contributed by atoms with van der Waals surface area (Å²) in [6, 6.07) is 14.7. The van der Waals surface area contributed by atoms with E-state index in [0.29, 0.717) is 37.1 Å². The van der Waals surface area contributed by atoms with Crippen LogP contribution in [0, 0.1) is 0 Å². The van der Waals surface area contributed by atoms with Crippen LogP contribution in [0.3, 0.4) is 0 Å². The van der Waals surface area contributed by atoms with Crippen LogP contribution in [-0.2, 0) is 11.2 Å². The van der Waals surface area contributed by atoms with E-state index in [4.69, 9.17) is 19.9 Å². The van der Waals surface area contributed by atoms with Crippen LogP contribution in [-0.4, -0.2) is 56.1 Å². The summed E-state index contributed by atoms with van der Waals surface area (Å²) >= 11 is 0. The molecule has 0 aliphatic heterocycles. The monoisotopic (exact) mass is 428 g/mol. The average molecular weight is 429 g/mol. The zero-order valence-electron chi connectivity index (χ0n) is 17.8. The number of aryl methyl sites for hydroxylation is 1. The van der Waals surface area contributed by atoms with Crippen LogP contribution in [0.5, 0.6) is 11.5 Å². The lowest BCUT2D eigenvalue weighted by molar-refractivity contribution is 0.1000. The molecule has 0 heterocycles. The number of benzene rings is 2. The van der Waals surface area contributed by atoms with Gasteiger partial charge in [0.25, 0.3) is 0 Å². The maximum atomic E-state index is 11.0. The summed E-state index contributed by atoms with van der Waals surface area (Å²) in [7, 11) is 0. The summed E-state index contributed by atoms with van der Waals surface area (Å²) in [5, 5.41) is 13.2. The molecular weight excluding hydrogens is 396 g/mol. The molecule has 3 rings (SSSR count). The molecule has 0 aromatic heterocycles. The van der Waals surface area contributed by atoms with Gasteiger partial charge in [0.05, 0.1) is 6.10 Å². The average Bonchev–Trinajstić information content (AvgIpc) is 3.61. The van der Waals surface area contributed by atoms with Gasteiger partial charge in [-0.15, -0.1) is 0 Å². The normalized spacial score (nSPS) is 14.2. The van der Waals surface area contributed by atoms with Crippen LogP contribution in [0.1, 0.15) is 35.2 Å². The van der Waals surface area contributed by atoms with Crippen molar-refractivity contribution in [1.82, 2.24) is 5.32 Å². The molecule has 1 saturated carbocycles. The molecule has 1 aliphatic rings. The molecule has 31 heavy (non-hydrogen) atoms. The van der Waals surface area contributed by atoms with Crippen molar-refractivity contribution >= 4 is 5.91 Å². The Hall–Kier alpha value is -2.61. The van der Waals surface area contributed by atoms with Crippen LogP contribution in [0.25, 0.3) is 0 Å². The molecule has 7 nitrogen and oxygen atoms in total. The van der Waals surface area contributed by atoms with Crippen LogP contribution < -0.4 is 20.5 Å². The number of ether oxygens (including phenoxy) is 3. The van der Waals surface area contributed by atoms with E-state index in [1.807, 2.05) is 12.1 Å². The summed E-state index contributed by atoms with van der Waals surface area (Å²) in [6.07, 6.45) is 4.37. The fourth-order valence-electron chi connectivity index (χ4n) is 2.99. The Morgan fingerprint density at radius 2 is 1.71 bits per heavy atom. The summed E-state index contributed by atoms with van der Waals surface area (Å²) < 4.78 is 16.9. The standard InChI is InChI=1S/C24H32N2O5/c25-24(28)19-5-9-21(10-6-19)30-15-13-26-16-20(27)17-31-23-7-3-18(4-8-23)2-1-14-29-22-11-12-22/h3-10,20,22,26-27H,1-2,11-17H2,(H2,25,28)/t20-/m0/s1. The number of nitrogens with two attached hydrogens (primary N) is 1. The van der Waals surface area contributed by atoms with E-state index in [9.17, 15) is 9.90 Å². The summed E-state index contributed by atoms with van der Waals surface area (Å²) in [5.74, 6) is 0.948. The summed E-state index contributed by atoms with van der Waals surface area (Å²) in [4.78, 5) is 11.0. The van der Waals surface area contributed by atoms with Gasteiger partial charge in [-0.25, -0.2) is 0 Å². The molecule has 0 saturated heterocycles. The predicted octanol–water partition coefficient (Wildman–Crippen LogP) is 2.31. The van der Waals surface area contributed by atoms with Crippen molar-refractivity contribution < 1.29 is 24.1 Å². The van der Waals surface area contributed by atoms with Gasteiger partial charge in [0.1, 0.15) is 30.8 Å². The second-order valence-corrected chi connectivity index (χ2v) is 7.72. The highest BCUT2D eigenvalue weighted by Gasteiger charge is 2.21. The molecule has 0 spiro atoms. The van der Waals surface area contributed by atoms with Gasteiger partial charge in [-0.3, -0.25) is 4.79 Å². The summed E-state index contributed by atoms with van der Waals surface area (Å²) in [5.41, 5.74) is 6.91. The smallest absolute Gasteiger partial charge is 0.248 e. The van der Waals surface area contributed by atoms with E-state index in [2.05, 4.69) is 17.4 Å². The third kappa shape index (κ3) is 8.96. The Kier molecular flexibility index (Phi) is 9.15. The van der Waals surface area contributed by atoms with Crippen molar-refractivity contribution in [2.24, 2.45) is 5.73 Å². The lowest BCUT2D eigenvalue weighted by Gasteiger charge is -2.14. The fourth-order valence-corrected chi connectivity index (χ4v) is 2.99. The highest BCUT2D eigenvalue weighted by atomic mass is 16.5. The van der Waals surface area contributed by atoms with E-state index < -0.39 is 12.0 Å². The van der Waals surface area contributed by atoms with Crippen molar-refractivity contribution in [3.05, 3.63) is 59.7 Å². The van der Waals surface area contributed by atoms with E-state index >= 15 is 0 Å². The Labute approximate surface area is 183 Å². The lowest BCUT2D eigenvalue weighted by atomic mass is 10.1. The van der Waals surface area contributed by atoms with Crippen molar-refractivity contribution in [2.75, 3.05) is 32.9 Å². The van der Waals surface area contributed by atoms with Gasteiger partial charge in [0.2, 0.25) is 5.91 Å². The van der Waals surface area contributed by atoms with Crippen LogP contribution in [0.4, 0.5) is 0 Å². The third-order valence-electron chi connectivity index (χ3n) is 4.92. The molecule has 1 fully saturated rings. The first-order valence-corrected chi connectivity index (χ1v) is 10.8. The van der Waals surface area contributed by atoms with E-state index in [1.54, 1.807) is 24.3 Å². The van der Waals surface area contributed by atoms with Gasteiger partial charge in [0.15, 0.2) is 0 Å². The van der Waals surface area contributed by atoms with Crippen LogP contribution in [0.15, 0.2) is 48.5 Å². The first-order chi connectivity index (χ1) is 15.1. The van der Waals surface area contributed by atoms with Crippen molar-refractivity contribution in [3.8, 4) is 11.5 Å². The molecule has 0 radical (unpaired) electrons. The van der Waals surface area contributed by atoms with Crippen LogP contribution >= 0.6 is 0 Å². The largest absolute Gasteiger partial charge is 0.492 e. The van der Waals surface area contributed by atoms with Gasteiger partial charge < -0.3 is 30.4 Å². The highest BCUT2D eigenvalue weighted by Crippen LogP contribution is 2.23. The molecule has 0 unspecified atom stereocenters. The van der Waals surface area contributed by atoms with E-state index in [-0.39, 0.29) is 6.61 Å². The van der Waals surface area contributed by atoms with E-state index in [0.717, 1.165) is 25.2 Å².